The van der Waals surface area contributed by atoms with Gasteiger partial charge < -0.3 is 5.32 Å². The van der Waals surface area contributed by atoms with Crippen LogP contribution in [0.2, 0.25) is 5.02 Å². The molecule has 0 bridgehead atoms. The SMILES string of the molecule is CCCCn1ncc(NCc2sccc2Br)c(Cl)c1=O. The van der Waals surface area contributed by atoms with Gasteiger partial charge in [-0.05, 0) is 33.8 Å². The van der Waals surface area contributed by atoms with E-state index in [1.54, 1.807) is 17.5 Å². The lowest BCUT2D eigenvalue weighted by Gasteiger charge is -2.09. The highest BCUT2D eigenvalue weighted by atomic mass is 79.9. The van der Waals surface area contributed by atoms with Crippen molar-refractivity contribution in [2.45, 2.75) is 32.9 Å². The summed E-state index contributed by atoms with van der Waals surface area (Å²) in [6.07, 6.45) is 3.54. The van der Waals surface area contributed by atoms with Gasteiger partial charge >= 0.3 is 0 Å². The van der Waals surface area contributed by atoms with Gasteiger partial charge in [-0.25, -0.2) is 4.68 Å². The molecule has 0 atom stereocenters. The summed E-state index contributed by atoms with van der Waals surface area (Å²) < 4.78 is 2.47. The molecule has 20 heavy (non-hydrogen) atoms. The Kier molecular flexibility index (Phi) is 5.63. The second kappa shape index (κ2) is 7.24. The van der Waals surface area contributed by atoms with Crippen molar-refractivity contribution < 1.29 is 0 Å². The van der Waals surface area contributed by atoms with Gasteiger partial charge in [0, 0.05) is 15.9 Å². The summed E-state index contributed by atoms with van der Waals surface area (Å²) in [7, 11) is 0. The molecule has 0 fully saturated rings. The molecule has 0 aliphatic carbocycles. The fourth-order valence-corrected chi connectivity index (χ4v) is 3.33. The topological polar surface area (TPSA) is 46.9 Å². The van der Waals surface area contributed by atoms with Crippen LogP contribution in [0, 0.1) is 0 Å². The van der Waals surface area contributed by atoms with Crippen molar-refractivity contribution in [3.05, 3.63) is 42.4 Å². The molecule has 0 unspecified atom stereocenters. The molecule has 0 saturated heterocycles. The molecule has 0 aliphatic rings. The van der Waals surface area contributed by atoms with E-state index < -0.39 is 0 Å². The predicted molar refractivity (Wildman–Crippen MR) is 87.8 cm³/mol. The largest absolute Gasteiger partial charge is 0.377 e. The quantitative estimate of drug-likeness (QED) is 0.824. The molecule has 2 aromatic rings. The number of anilines is 1. The summed E-state index contributed by atoms with van der Waals surface area (Å²) in [6.45, 7) is 3.28. The maximum absolute atomic E-state index is 12.0. The number of thiophene rings is 1. The molecule has 2 aromatic heterocycles. The molecule has 0 amide bonds. The third-order valence-corrected chi connectivity index (χ3v) is 5.13. The van der Waals surface area contributed by atoms with E-state index in [9.17, 15) is 4.79 Å². The Morgan fingerprint density at radius 3 is 3.00 bits per heavy atom. The van der Waals surface area contributed by atoms with Crippen LogP contribution in [0.3, 0.4) is 0 Å². The van der Waals surface area contributed by atoms with Crippen LogP contribution in [-0.4, -0.2) is 9.78 Å². The van der Waals surface area contributed by atoms with E-state index in [2.05, 4.69) is 33.3 Å². The Hall–Kier alpha value is -0.850. The number of hydrogen-bond donors (Lipinski definition) is 1. The van der Waals surface area contributed by atoms with Crippen LogP contribution in [0.5, 0.6) is 0 Å². The fourth-order valence-electron chi connectivity index (χ4n) is 1.68. The lowest BCUT2D eigenvalue weighted by Crippen LogP contribution is -2.24. The standard InChI is InChI=1S/C13H15BrClN3OS/c1-2-3-5-18-13(19)12(15)10(7-17-18)16-8-11-9(14)4-6-20-11/h4,6-7,16H,2-3,5,8H2,1H3. The molecular weight excluding hydrogens is 362 g/mol. The van der Waals surface area contributed by atoms with Crippen LogP contribution in [0.25, 0.3) is 0 Å². The molecule has 1 N–H and O–H groups in total. The molecule has 7 heteroatoms. The van der Waals surface area contributed by atoms with Gasteiger partial charge in [-0.15, -0.1) is 11.3 Å². The Morgan fingerprint density at radius 1 is 1.55 bits per heavy atom. The van der Waals surface area contributed by atoms with Gasteiger partial charge in [0.1, 0.15) is 5.02 Å². The van der Waals surface area contributed by atoms with Crippen LogP contribution in [0.4, 0.5) is 5.69 Å². The molecule has 4 nitrogen and oxygen atoms in total. The number of aryl methyl sites for hydroxylation is 1. The first-order chi connectivity index (χ1) is 9.63. The Bertz CT molecular complexity index is 641. The van der Waals surface area contributed by atoms with E-state index in [4.69, 9.17) is 11.6 Å². The van der Waals surface area contributed by atoms with Gasteiger partial charge in [-0.2, -0.15) is 5.10 Å². The second-order valence-corrected chi connectivity index (χ2v) is 6.53. The predicted octanol–water partition coefficient (Wildman–Crippen LogP) is 4.13. The lowest BCUT2D eigenvalue weighted by molar-refractivity contribution is 0.543. The van der Waals surface area contributed by atoms with Crippen LogP contribution in [0.1, 0.15) is 24.6 Å². The number of hydrogen-bond acceptors (Lipinski definition) is 4. The molecule has 2 rings (SSSR count). The van der Waals surface area contributed by atoms with E-state index in [0.29, 0.717) is 18.8 Å². The minimum atomic E-state index is -0.240. The molecule has 0 aliphatic heterocycles. The van der Waals surface area contributed by atoms with Gasteiger partial charge in [0.25, 0.3) is 5.56 Å². The number of halogens is 2. The third kappa shape index (κ3) is 3.62. The molecule has 0 spiro atoms. The third-order valence-electron chi connectivity index (χ3n) is 2.84. The number of nitrogens with zero attached hydrogens (tertiary/aromatic N) is 2. The van der Waals surface area contributed by atoms with Crippen molar-refractivity contribution in [1.82, 2.24) is 9.78 Å². The smallest absolute Gasteiger partial charge is 0.287 e. The highest BCUT2D eigenvalue weighted by Crippen LogP contribution is 2.24. The van der Waals surface area contributed by atoms with E-state index in [-0.39, 0.29) is 10.6 Å². The van der Waals surface area contributed by atoms with Crippen molar-refractivity contribution in [1.29, 1.82) is 0 Å². The van der Waals surface area contributed by atoms with Crippen LogP contribution >= 0.6 is 38.9 Å². The number of rotatable bonds is 6. The summed E-state index contributed by atoms with van der Waals surface area (Å²) in [5, 5.41) is 9.50. The van der Waals surface area contributed by atoms with E-state index in [0.717, 1.165) is 22.2 Å². The van der Waals surface area contributed by atoms with E-state index in [1.807, 2.05) is 11.4 Å². The summed E-state index contributed by atoms with van der Waals surface area (Å²) in [5.74, 6) is 0. The highest BCUT2D eigenvalue weighted by molar-refractivity contribution is 9.10. The van der Waals surface area contributed by atoms with E-state index >= 15 is 0 Å². The molecule has 0 aromatic carbocycles. The Labute approximate surface area is 134 Å². The first-order valence-corrected chi connectivity index (χ1v) is 8.40. The molecule has 2 heterocycles. The highest BCUT2D eigenvalue weighted by Gasteiger charge is 2.09. The summed E-state index contributed by atoms with van der Waals surface area (Å²) in [5.41, 5.74) is 0.333. The minimum absolute atomic E-state index is 0.198. The van der Waals surface area contributed by atoms with Gasteiger partial charge in [-0.1, -0.05) is 24.9 Å². The monoisotopic (exact) mass is 375 g/mol. The average molecular weight is 377 g/mol. The average Bonchev–Trinajstić information content (AvgIpc) is 2.85. The van der Waals surface area contributed by atoms with Crippen LogP contribution in [-0.2, 0) is 13.1 Å². The van der Waals surface area contributed by atoms with Crippen LogP contribution < -0.4 is 10.9 Å². The van der Waals surface area contributed by atoms with E-state index in [1.165, 1.54) is 4.68 Å². The minimum Gasteiger partial charge on any atom is -0.377 e. The van der Waals surface area contributed by atoms with Crippen molar-refractivity contribution in [3.8, 4) is 0 Å². The van der Waals surface area contributed by atoms with Crippen LogP contribution in [0.15, 0.2) is 26.9 Å². The van der Waals surface area contributed by atoms with Gasteiger partial charge in [0.05, 0.1) is 18.4 Å². The molecule has 0 saturated carbocycles. The fraction of sp³-hybridized carbons (Fsp3) is 0.385. The number of aromatic nitrogens is 2. The number of nitrogens with one attached hydrogen (secondary N) is 1. The first-order valence-electron chi connectivity index (χ1n) is 6.34. The van der Waals surface area contributed by atoms with Gasteiger partial charge in [0.15, 0.2) is 0 Å². The summed E-state index contributed by atoms with van der Waals surface area (Å²) in [6, 6.07) is 1.99. The number of unbranched alkanes of at least 4 members (excludes halogenated alkanes) is 1. The zero-order chi connectivity index (χ0) is 14.5. The molecule has 108 valence electrons. The zero-order valence-corrected chi connectivity index (χ0v) is 14.2. The Morgan fingerprint density at radius 2 is 2.35 bits per heavy atom. The van der Waals surface area contributed by atoms with Gasteiger partial charge in [0.2, 0.25) is 0 Å². The van der Waals surface area contributed by atoms with Crippen molar-refractivity contribution in [2.24, 2.45) is 0 Å². The molecule has 0 radical (unpaired) electrons. The zero-order valence-electron chi connectivity index (χ0n) is 11.0. The second-order valence-electron chi connectivity index (χ2n) is 4.30. The summed E-state index contributed by atoms with van der Waals surface area (Å²) in [4.78, 5) is 13.2. The Balaban J connectivity index is 2.11. The normalized spacial score (nSPS) is 10.8. The lowest BCUT2D eigenvalue weighted by atomic mass is 10.3. The molecular formula is C13H15BrClN3OS. The van der Waals surface area contributed by atoms with Crippen molar-refractivity contribution >= 4 is 44.6 Å². The maximum atomic E-state index is 12.0. The van der Waals surface area contributed by atoms with Crippen molar-refractivity contribution in [2.75, 3.05) is 5.32 Å². The van der Waals surface area contributed by atoms with Crippen molar-refractivity contribution in [3.63, 3.8) is 0 Å². The maximum Gasteiger partial charge on any atom is 0.287 e. The summed E-state index contributed by atoms with van der Waals surface area (Å²) >= 11 is 11.2. The first kappa shape index (κ1) is 15.5. The van der Waals surface area contributed by atoms with Gasteiger partial charge in [-0.3, -0.25) is 4.79 Å².